The molecule has 1 aliphatic heterocycles. The molecular weight excluding hydrogens is 376 g/mol. The van der Waals surface area contributed by atoms with Gasteiger partial charge < -0.3 is 19.3 Å². The number of allylic oxidation sites excluding steroid dienone is 2. The number of aliphatic hydroxyl groups is 1. The van der Waals surface area contributed by atoms with E-state index in [1.165, 1.54) is 13.8 Å². The van der Waals surface area contributed by atoms with Gasteiger partial charge in [0.25, 0.3) is 0 Å². The molecule has 3 rings (SSSR count). The maximum atomic E-state index is 12.9. The molecular formula is C22H30O7. The Morgan fingerprint density at radius 2 is 1.97 bits per heavy atom. The molecule has 2 aliphatic carbocycles. The van der Waals surface area contributed by atoms with Gasteiger partial charge in [-0.15, -0.1) is 0 Å². The van der Waals surface area contributed by atoms with E-state index in [2.05, 4.69) is 0 Å². The normalized spacial score (nSPS) is 41.6. The van der Waals surface area contributed by atoms with Crippen LogP contribution < -0.4 is 0 Å². The molecule has 29 heavy (non-hydrogen) atoms. The fourth-order valence-corrected chi connectivity index (χ4v) is 5.23. The molecule has 7 heteroatoms. The number of carbonyl (C=O) groups excluding carboxylic acids is 3. The number of rotatable bonds is 3. The van der Waals surface area contributed by atoms with Gasteiger partial charge in [-0.2, -0.15) is 0 Å². The highest BCUT2D eigenvalue weighted by Gasteiger charge is 2.67. The van der Waals surface area contributed by atoms with E-state index >= 15 is 0 Å². The van der Waals surface area contributed by atoms with Gasteiger partial charge in [-0.3, -0.25) is 4.79 Å². The Labute approximate surface area is 171 Å². The van der Waals surface area contributed by atoms with Crippen LogP contribution in [0.15, 0.2) is 23.3 Å². The van der Waals surface area contributed by atoms with Gasteiger partial charge in [0.2, 0.25) is 5.60 Å². The first kappa shape index (κ1) is 21.6. The third kappa shape index (κ3) is 3.50. The van der Waals surface area contributed by atoms with E-state index in [-0.39, 0.29) is 18.3 Å². The Hall–Kier alpha value is -2.15. The van der Waals surface area contributed by atoms with Crippen LogP contribution in [0.4, 0.5) is 0 Å². The first-order chi connectivity index (χ1) is 13.4. The zero-order valence-electron chi connectivity index (χ0n) is 17.9. The molecule has 0 spiro atoms. The summed E-state index contributed by atoms with van der Waals surface area (Å²) >= 11 is 0. The van der Waals surface area contributed by atoms with Gasteiger partial charge >= 0.3 is 17.9 Å². The number of hydrogen-bond donors (Lipinski definition) is 1. The van der Waals surface area contributed by atoms with Crippen molar-refractivity contribution in [2.45, 2.75) is 77.8 Å². The van der Waals surface area contributed by atoms with E-state index < -0.39 is 47.2 Å². The quantitative estimate of drug-likeness (QED) is 0.333. The van der Waals surface area contributed by atoms with Crippen molar-refractivity contribution >= 4 is 17.9 Å². The highest BCUT2D eigenvalue weighted by Crippen LogP contribution is 2.54. The summed E-state index contributed by atoms with van der Waals surface area (Å²) in [7, 11) is 0. The minimum atomic E-state index is -1.60. The lowest BCUT2D eigenvalue weighted by Gasteiger charge is -2.35. The molecule has 1 N–H and O–H groups in total. The summed E-state index contributed by atoms with van der Waals surface area (Å²) in [4.78, 5) is 37.2. The highest BCUT2D eigenvalue weighted by molar-refractivity contribution is 5.88. The van der Waals surface area contributed by atoms with Crippen molar-refractivity contribution in [3.63, 3.8) is 0 Å². The minimum Gasteiger partial charge on any atom is -0.458 e. The lowest BCUT2D eigenvalue weighted by molar-refractivity contribution is -0.179. The molecule has 0 aromatic rings. The zero-order chi connectivity index (χ0) is 21.7. The zero-order valence-corrected chi connectivity index (χ0v) is 17.9. The second kappa shape index (κ2) is 7.27. The number of hydrogen-bond acceptors (Lipinski definition) is 7. The number of ether oxygens (including phenoxy) is 3. The predicted octanol–water partition coefficient (Wildman–Crippen LogP) is 2.46. The molecule has 7 nitrogen and oxygen atoms in total. The second-order valence-electron chi connectivity index (χ2n) is 8.89. The van der Waals surface area contributed by atoms with Gasteiger partial charge in [-0.1, -0.05) is 17.7 Å². The van der Waals surface area contributed by atoms with Crippen molar-refractivity contribution < 1.29 is 33.7 Å². The largest absolute Gasteiger partial charge is 0.458 e. The fourth-order valence-electron chi connectivity index (χ4n) is 5.23. The van der Waals surface area contributed by atoms with Crippen LogP contribution in [-0.2, 0) is 28.6 Å². The van der Waals surface area contributed by atoms with Crippen molar-refractivity contribution in [2.24, 2.45) is 17.8 Å². The Balaban J connectivity index is 2.10. The van der Waals surface area contributed by atoms with Crippen molar-refractivity contribution in [2.75, 3.05) is 0 Å². The van der Waals surface area contributed by atoms with E-state index in [1.54, 1.807) is 26.8 Å². The molecule has 0 unspecified atom stereocenters. The summed E-state index contributed by atoms with van der Waals surface area (Å²) in [5.74, 6) is -2.94. The van der Waals surface area contributed by atoms with Crippen molar-refractivity contribution in [3.8, 4) is 0 Å². The highest BCUT2D eigenvalue weighted by atomic mass is 16.6. The van der Waals surface area contributed by atoms with Crippen LogP contribution >= 0.6 is 0 Å². The van der Waals surface area contributed by atoms with Crippen molar-refractivity contribution in [3.05, 3.63) is 23.3 Å². The van der Waals surface area contributed by atoms with Crippen LogP contribution in [0.5, 0.6) is 0 Å². The maximum Gasteiger partial charge on any atom is 0.351 e. The molecule has 2 fully saturated rings. The monoisotopic (exact) mass is 406 g/mol. The van der Waals surface area contributed by atoms with E-state index in [0.717, 1.165) is 5.57 Å². The average molecular weight is 406 g/mol. The molecule has 0 radical (unpaired) electrons. The molecule has 0 bridgehead atoms. The molecule has 3 aliphatic rings. The summed E-state index contributed by atoms with van der Waals surface area (Å²) in [5, 5.41) is 11.3. The molecule has 1 saturated heterocycles. The van der Waals surface area contributed by atoms with Gasteiger partial charge in [0.05, 0.1) is 11.5 Å². The van der Waals surface area contributed by atoms with E-state index in [9.17, 15) is 19.5 Å². The molecule has 1 saturated carbocycles. The van der Waals surface area contributed by atoms with Crippen LogP contribution in [0.1, 0.15) is 54.4 Å². The van der Waals surface area contributed by atoms with Crippen LogP contribution in [0.3, 0.4) is 0 Å². The summed E-state index contributed by atoms with van der Waals surface area (Å²) in [6.45, 7) is 9.78. The molecule has 0 aromatic carbocycles. The Morgan fingerprint density at radius 1 is 1.31 bits per heavy atom. The van der Waals surface area contributed by atoms with Gasteiger partial charge in [-0.05, 0) is 41.0 Å². The topological polar surface area (TPSA) is 99.1 Å². The first-order valence-electron chi connectivity index (χ1n) is 10.1. The lowest BCUT2D eigenvalue weighted by atomic mass is 9.75. The fraction of sp³-hybridized carbons (Fsp3) is 0.682. The number of fused-ring (bicyclic) bond motifs is 3. The van der Waals surface area contributed by atoms with E-state index in [1.807, 2.05) is 13.0 Å². The maximum absolute atomic E-state index is 12.9. The van der Waals surface area contributed by atoms with Gasteiger partial charge in [0.1, 0.15) is 12.2 Å². The summed E-state index contributed by atoms with van der Waals surface area (Å²) in [6.07, 6.45) is 2.93. The molecule has 1 heterocycles. The molecule has 0 aromatic heterocycles. The van der Waals surface area contributed by atoms with Gasteiger partial charge in [0, 0.05) is 30.8 Å². The third-order valence-corrected chi connectivity index (χ3v) is 6.83. The van der Waals surface area contributed by atoms with Crippen LogP contribution in [0.2, 0.25) is 0 Å². The van der Waals surface area contributed by atoms with Crippen LogP contribution in [0.25, 0.3) is 0 Å². The molecule has 7 atom stereocenters. The third-order valence-electron chi connectivity index (χ3n) is 6.83. The second-order valence-corrected chi connectivity index (χ2v) is 8.89. The van der Waals surface area contributed by atoms with Crippen LogP contribution in [0, 0.1) is 17.8 Å². The summed E-state index contributed by atoms with van der Waals surface area (Å²) in [6, 6.07) is 0. The predicted molar refractivity (Wildman–Crippen MR) is 103 cm³/mol. The summed E-state index contributed by atoms with van der Waals surface area (Å²) in [5.41, 5.74) is -1.32. The average Bonchev–Trinajstić information content (AvgIpc) is 3.08. The molecule has 0 amide bonds. The number of esters is 3. The summed E-state index contributed by atoms with van der Waals surface area (Å²) < 4.78 is 17.0. The standard InChI is InChI=1S/C22H30O7/c1-7-11(2)19(24)27-15-10-21(5,26)14-9-8-12(3)16(14)18-17(15)22(6,20(25)28-18)29-13(4)23/h7-8,14-18,26H,9-10H2,1-6H3/t14-,15+,16+,17+,18-,21-,22-/m0/s1. The smallest absolute Gasteiger partial charge is 0.351 e. The Morgan fingerprint density at radius 3 is 2.55 bits per heavy atom. The Bertz CT molecular complexity index is 793. The first-order valence-corrected chi connectivity index (χ1v) is 10.1. The SMILES string of the molecule is CC=C(C)C(=O)O[C@@H]1C[C@](C)(O)[C@H]2CC=C(C)[C@H]2[C@@H]2OC(=O)[C@@](C)(OC(C)=O)[C@@H]21. The lowest BCUT2D eigenvalue weighted by Crippen LogP contribution is -2.50. The van der Waals surface area contributed by atoms with E-state index in [0.29, 0.717) is 12.0 Å². The number of carbonyl (C=O) groups is 3. The Kier molecular flexibility index (Phi) is 5.41. The molecule has 160 valence electrons. The van der Waals surface area contributed by atoms with E-state index in [4.69, 9.17) is 14.2 Å². The minimum absolute atomic E-state index is 0.118. The van der Waals surface area contributed by atoms with Gasteiger partial charge in [-0.25, -0.2) is 9.59 Å². The van der Waals surface area contributed by atoms with Crippen LogP contribution in [-0.4, -0.2) is 46.4 Å². The van der Waals surface area contributed by atoms with Crippen molar-refractivity contribution in [1.82, 2.24) is 0 Å². The van der Waals surface area contributed by atoms with Crippen molar-refractivity contribution in [1.29, 1.82) is 0 Å². The van der Waals surface area contributed by atoms with Gasteiger partial charge in [0.15, 0.2) is 0 Å².